The highest BCUT2D eigenvalue weighted by Crippen LogP contribution is 2.12. The molecule has 0 saturated carbocycles. The highest BCUT2D eigenvalue weighted by Gasteiger charge is 2.15. The summed E-state index contributed by atoms with van der Waals surface area (Å²) < 4.78 is 13.3. The normalized spacial score (nSPS) is 13.9. The van der Waals surface area contributed by atoms with Gasteiger partial charge in [0.05, 0.1) is 18.8 Å². The number of anilines is 1. The second kappa shape index (κ2) is 8.14. The summed E-state index contributed by atoms with van der Waals surface area (Å²) in [7, 11) is 0. The zero-order valence-electron chi connectivity index (χ0n) is 11.0. The highest BCUT2D eigenvalue weighted by molar-refractivity contribution is 7.99. The first-order chi connectivity index (χ1) is 9.08. The molecule has 0 saturated heterocycles. The molecule has 106 valence electrons. The van der Waals surface area contributed by atoms with Gasteiger partial charge in [-0.25, -0.2) is 4.39 Å². The first-order valence-corrected chi connectivity index (χ1v) is 7.28. The van der Waals surface area contributed by atoms with E-state index in [1.165, 1.54) is 23.9 Å². The summed E-state index contributed by atoms with van der Waals surface area (Å²) in [6, 6.07) is 6.02. The second-order valence-electron chi connectivity index (χ2n) is 4.15. The number of para-hydroxylation sites is 1. The molecule has 0 aromatic heterocycles. The molecule has 0 spiro atoms. The van der Waals surface area contributed by atoms with Gasteiger partial charge in [-0.2, -0.15) is 11.8 Å². The van der Waals surface area contributed by atoms with Gasteiger partial charge in [-0.05, 0) is 25.3 Å². The Morgan fingerprint density at radius 1 is 1.47 bits per heavy atom. The molecule has 0 aliphatic heterocycles. The number of aliphatic hydroxyl groups is 1. The van der Waals surface area contributed by atoms with Crippen molar-refractivity contribution in [1.82, 2.24) is 5.32 Å². The van der Waals surface area contributed by atoms with Crippen molar-refractivity contribution in [2.75, 3.05) is 24.7 Å². The lowest BCUT2D eigenvalue weighted by atomic mass is 10.2. The third-order valence-corrected chi connectivity index (χ3v) is 3.94. The van der Waals surface area contributed by atoms with Crippen LogP contribution in [-0.2, 0) is 4.79 Å². The van der Waals surface area contributed by atoms with Crippen LogP contribution in [-0.4, -0.2) is 41.7 Å². The third kappa shape index (κ3) is 5.18. The van der Waals surface area contributed by atoms with Crippen LogP contribution in [0, 0.1) is 5.82 Å². The number of carbonyl (C=O) groups excluding carboxylic acids is 1. The smallest absolute Gasteiger partial charge is 0.238 e. The fourth-order valence-electron chi connectivity index (χ4n) is 1.58. The van der Waals surface area contributed by atoms with Crippen molar-refractivity contribution in [2.45, 2.75) is 18.2 Å². The summed E-state index contributed by atoms with van der Waals surface area (Å²) in [6.45, 7) is 2.02. The van der Waals surface area contributed by atoms with E-state index in [1.807, 2.05) is 13.2 Å². The van der Waals surface area contributed by atoms with Gasteiger partial charge in [0.25, 0.3) is 0 Å². The number of hydrogen-bond donors (Lipinski definition) is 3. The maximum absolute atomic E-state index is 13.3. The van der Waals surface area contributed by atoms with E-state index in [2.05, 4.69) is 10.6 Å². The van der Waals surface area contributed by atoms with Gasteiger partial charge in [-0.15, -0.1) is 0 Å². The maximum Gasteiger partial charge on any atom is 0.238 e. The Kier molecular flexibility index (Phi) is 6.83. The Morgan fingerprint density at radius 3 is 2.74 bits per heavy atom. The molecule has 1 aromatic rings. The SMILES string of the molecule is CSC(CO)C(C)NCC(=O)Nc1ccccc1F. The molecule has 0 aliphatic rings. The number of aliphatic hydroxyl groups excluding tert-OH is 1. The molecule has 1 aromatic carbocycles. The summed E-state index contributed by atoms with van der Waals surface area (Å²) in [5.41, 5.74) is 0.172. The predicted octanol–water partition coefficient (Wildman–Crippen LogP) is 1.47. The van der Waals surface area contributed by atoms with Crippen LogP contribution in [0.2, 0.25) is 0 Å². The van der Waals surface area contributed by atoms with E-state index in [4.69, 9.17) is 5.11 Å². The van der Waals surface area contributed by atoms with Gasteiger partial charge >= 0.3 is 0 Å². The minimum absolute atomic E-state index is 0.00799. The average molecular weight is 286 g/mol. The number of amides is 1. The molecule has 4 nitrogen and oxygen atoms in total. The maximum atomic E-state index is 13.3. The van der Waals surface area contributed by atoms with Gasteiger partial charge in [0.1, 0.15) is 5.82 Å². The summed E-state index contributed by atoms with van der Waals surface area (Å²) in [5.74, 6) is -0.768. The number of rotatable bonds is 7. The highest BCUT2D eigenvalue weighted by atomic mass is 32.2. The molecular formula is C13H19FN2O2S. The van der Waals surface area contributed by atoms with E-state index in [-0.39, 0.29) is 36.0 Å². The molecule has 2 unspecified atom stereocenters. The Hall–Kier alpha value is -1.11. The number of carbonyl (C=O) groups is 1. The van der Waals surface area contributed by atoms with Crippen LogP contribution in [0.25, 0.3) is 0 Å². The molecule has 19 heavy (non-hydrogen) atoms. The number of thioether (sulfide) groups is 1. The summed E-state index contributed by atoms with van der Waals surface area (Å²) in [5, 5.41) is 14.7. The van der Waals surface area contributed by atoms with Crippen molar-refractivity contribution in [2.24, 2.45) is 0 Å². The molecule has 1 amide bonds. The van der Waals surface area contributed by atoms with E-state index < -0.39 is 5.82 Å². The molecule has 1 rings (SSSR count). The zero-order valence-corrected chi connectivity index (χ0v) is 11.8. The van der Waals surface area contributed by atoms with Gasteiger partial charge in [0, 0.05) is 11.3 Å². The topological polar surface area (TPSA) is 61.4 Å². The Balaban J connectivity index is 2.42. The Labute approximate surface area is 116 Å². The average Bonchev–Trinajstić information content (AvgIpc) is 2.40. The van der Waals surface area contributed by atoms with Crippen LogP contribution < -0.4 is 10.6 Å². The van der Waals surface area contributed by atoms with E-state index >= 15 is 0 Å². The molecule has 0 heterocycles. The van der Waals surface area contributed by atoms with Gasteiger partial charge in [0.2, 0.25) is 5.91 Å². The fraction of sp³-hybridized carbons (Fsp3) is 0.462. The minimum atomic E-state index is -0.457. The third-order valence-electron chi connectivity index (χ3n) is 2.77. The molecule has 3 N–H and O–H groups in total. The van der Waals surface area contributed by atoms with Gasteiger partial charge in [-0.1, -0.05) is 12.1 Å². The van der Waals surface area contributed by atoms with Crippen molar-refractivity contribution in [3.8, 4) is 0 Å². The van der Waals surface area contributed by atoms with Gasteiger partial charge in [-0.3, -0.25) is 4.79 Å². The van der Waals surface area contributed by atoms with Crippen molar-refractivity contribution in [1.29, 1.82) is 0 Å². The van der Waals surface area contributed by atoms with Crippen LogP contribution in [0.5, 0.6) is 0 Å². The molecule has 0 radical (unpaired) electrons. The number of nitrogens with one attached hydrogen (secondary N) is 2. The molecular weight excluding hydrogens is 267 g/mol. The quantitative estimate of drug-likeness (QED) is 0.710. The first kappa shape index (κ1) is 15.9. The summed E-state index contributed by atoms with van der Waals surface area (Å²) in [4.78, 5) is 11.7. The van der Waals surface area contributed by atoms with Crippen LogP contribution >= 0.6 is 11.8 Å². The van der Waals surface area contributed by atoms with E-state index in [0.29, 0.717) is 0 Å². The Bertz CT molecular complexity index is 413. The first-order valence-electron chi connectivity index (χ1n) is 6.00. The van der Waals surface area contributed by atoms with Gasteiger partial charge < -0.3 is 15.7 Å². The molecule has 0 aliphatic carbocycles. The fourth-order valence-corrected chi connectivity index (χ4v) is 2.23. The molecule has 2 atom stereocenters. The van der Waals surface area contributed by atoms with Crippen LogP contribution in [0.1, 0.15) is 6.92 Å². The summed E-state index contributed by atoms with van der Waals surface area (Å²) >= 11 is 1.53. The molecule has 6 heteroatoms. The van der Waals surface area contributed by atoms with E-state index in [1.54, 1.807) is 12.1 Å². The number of hydrogen-bond acceptors (Lipinski definition) is 4. The van der Waals surface area contributed by atoms with Crippen molar-refractivity contribution in [3.05, 3.63) is 30.1 Å². The zero-order chi connectivity index (χ0) is 14.3. The van der Waals surface area contributed by atoms with Crippen LogP contribution in [0.4, 0.5) is 10.1 Å². The standard InChI is InChI=1S/C13H19FN2O2S/c1-9(12(8-17)19-2)15-7-13(18)16-11-6-4-3-5-10(11)14/h3-6,9,12,15,17H,7-8H2,1-2H3,(H,16,18). The number of benzene rings is 1. The van der Waals surface area contributed by atoms with Crippen molar-refractivity contribution < 1.29 is 14.3 Å². The largest absolute Gasteiger partial charge is 0.395 e. The number of halogens is 1. The van der Waals surface area contributed by atoms with Gasteiger partial charge in [0.15, 0.2) is 0 Å². The van der Waals surface area contributed by atoms with Crippen molar-refractivity contribution >= 4 is 23.4 Å². The van der Waals surface area contributed by atoms with Crippen molar-refractivity contribution in [3.63, 3.8) is 0 Å². The molecule has 0 fully saturated rings. The Morgan fingerprint density at radius 2 is 2.16 bits per heavy atom. The minimum Gasteiger partial charge on any atom is -0.395 e. The second-order valence-corrected chi connectivity index (χ2v) is 5.23. The monoisotopic (exact) mass is 286 g/mol. The van der Waals surface area contributed by atoms with E-state index in [9.17, 15) is 9.18 Å². The predicted molar refractivity (Wildman–Crippen MR) is 76.9 cm³/mol. The van der Waals surface area contributed by atoms with Crippen LogP contribution in [0.15, 0.2) is 24.3 Å². The lowest BCUT2D eigenvalue weighted by Crippen LogP contribution is -2.41. The van der Waals surface area contributed by atoms with E-state index in [0.717, 1.165) is 0 Å². The lowest BCUT2D eigenvalue weighted by Gasteiger charge is -2.21. The lowest BCUT2D eigenvalue weighted by molar-refractivity contribution is -0.115. The van der Waals surface area contributed by atoms with Crippen LogP contribution in [0.3, 0.4) is 0 Å². The summed E-state index contributed by atoms with van der Waals surface area (Å²) in [6.07, 6.45) is 1.90. The molecule has 0 bridgehead atoms.